The topological polar surface area (TPSA) is 47.4 Å². The van der Waals surface area contributed by atoms with E-state index in [-0.39, 0.29) is 5.91 Å². The van der Waals surface area contributed by atoms with E-state index in [9.17, 15) is 4.79 Å². The molecule has 0 saturated carbocycles. The monoisotopic (exact) mass is 387 g/mol. The van der Waals surface area contributed by atoms with Crippen LogP contribution in [0.4, 0.5) is 0 Å². The van der Waals surface area contributed by atoms with E-state index in [2.05, 4.69) is 29.2 Å². The summed E-state index contributed by atoms with van der Waals surface area (Å²) in [6, 6.07) is 12.0. The lowest BCUT2D eigenvalue weighted by Crippen LogP contribution is -2.49. The van der Waals surface area contributed by atoms with Crippen molar-refractivity contribution >= 4 is 22.9 Å². The predicted molar refractivity (Wildman–Crippen MR) is 120 cm³/mol. The van der Waals surface area contributed by atoms with E-state index in [0.29, 0.717) is 6.42 Å². The smallest absolute Gasteiger partial charge is 0.227 e. The number of hydrogen-bond donors (Lipinski definition) is 1. The average molecular weight is 388 g/mol. The molecule has 0 atom stereocenters. The third kappa shape index (κ3) is 4.65. The predicted octanol–water partition coefficient (Wildman–Crippen LogP) is 4.19. The van der Waals surface area contributed by atoms with Gasteiger partial charge in [-0.3, -0.25) is 9.69 Å². The number of allylic oxidation sites excluding steroid dienone is 3. The number of nitrogens with one attached hydrogen (secondary N) is 1. The highest BCUT2D eigenvalue weighted by molar-refractivity contribution is 6.01. The highest BCUT2D eigenvalue weighted by atomic mass is 16.2. The summed E-state index contributed by atoms with van der Waals surface area (Å²) in [4.78, 5) is 17.4. The van der Waals surface area contributed by atoms with Crippen molar-refractivity contribution in [3.05, 3.63) is 71.3 Å². The summed E-state index contributed by atoms with van der Waals surface area (Å²) >= 11 is 0. The summed E-state index contributed by atoms with van der Waals surface area (Å²) < 4.78 is 0. The molecule has 1 aliphatic carbocycles. The standard InChI is InChI=1S/C25H29N3O/c26-19-22-11-10-21(23-8-4-5-9-24(22)23)18-25(29)28-16-14-27(15-17-28)13-12-20-6-2-1-3-7-20/h2,4-11,19,26H,1,3,12-18H2. The third-order valence-electron chi connectivity index (χ3n) is 6.06. The largest absolute Gasteiger partial charge is 0.340 e. The van der Waals surface area contributed by atoms with Gasteiger partial charge < -0.3 is 10.3 Å². The maximum atomic E-state index is 12.9. The second kappa shape index (κ2) is 9.19. The lowest BCUT2D eigenvalue weighted by atomic mass is 9.97. The number of hydrogen-bond acceptors (Lipinski definition) is 3. The van der Waals surface area contributed by atoms with Gasteiger partial charge in [-0.15, -0.1) is 0 Å². The van der Waals surface area contributed by atoms with Crippen LogP contribution in [-0.2, 0) is 11.2 Å². The number of rotatable bonds is 6. The van der Waals surface area contributed by atoms with Crippen LogP contribution in [0.5, 0.6) is 0 Å². The van der Waals surface area contributed by atoms with Crippen LogP contribution in [0.15, 0.2) is 60.2 Å². The first-order chi connectivity index (χ1) is 14.2. The van der Waals surface area contributed by atoms with Crippen LogP contribution in [0, 0.1) is 5.41 Å². The van der Waals surface area contributed by atoms with Crippen LogP contribution in [0.3, 0.4) is 0 Å². The Bertz CT molecular complexity index is 952. The van der Waals surface area contributed by atoms with Gasteiger partial charge in [0.25, 0.3) is 0 Å². The van der Waals surface area contributed by atoms with Crippen LogP contribution < -0.4 is 0 Å². The van der Waals surface area contributed by atoms with Crippen molar-refractivity contribution in [1.82, 2.24) is 9.80 Å². The Balaban J connectivity index is 1.33. The Morgan fingerprint density at radius 3 is 2.52 bits per heavy atom. The van der Waals surface area contributed by atoms with E-state index in [1.165, 1.54) is 24.6 Å². The minimum Gasteiger partial charge on any atom is -0.340 e. The number of amides is 1. The molecule has 4 nitrogen and oxygen atoms in total. The lowest BCUT2D eigenvalue weighted by molar-refractivity contribution is -0.132. The quantitative estimate of drug-likeness (QED) is 0.756. The zero-order valence-electron chi connectivity index (χ0n) is 16.9. The molecule has 29 heavy (non-hydrogen) atoms. The molecule has 0 radical (unpaired) electrons. The van der Waals surface area contributed by atoms with Crippen molar-refractivity contribution in [2.75, 3.05) is 32.7 Å². The van der Waals surface area contributed by atoms with Gasteiger partial charge in [-0.05, 0) is 41.2 Å². The molecule has 0 aromatic heterocycles. The Morgan fingerprint density at radius 1 is 1.00 bits per heavy atom. The molecular weight excluding hydrogens is 358 g/mol. The van der Waals surface area contributed by atoms with Gasteiger partial charge in [-0.1, -0.05) is 60.2 Å². The zero-order chi connectivity index (χ0) is 20.1. The molecule has 0 bridgehead atoms. The van der Waals surface area contributed by atoms with Crippen molar-refractivity contribution in [3.8, 4) is 0 Å². The lowest BCUT2D eigenvalue weighted by Gasteiger charge is -2.35. The maximum Gasteiger partial charge on any atom is 0.227 e. The fourth-order valence-corrected chi connectivity index (χ4v) is 4.30. The normalized spacial score (nSPS) is 17.4. The van der Waals surface area contributed by atoms with Gasteiger partial charge in [0.05, 0.1) is 6.42 Å². The van der Waals surface area contributed by atoms with Crippen molar-refractivity contribution in [1.29, 1.82) is 5.41 Å². The molecular formula is C25H29N3O. The van der Waals surface area contributed by atoms with Crippen molar-refractivity contribution in [2.45, 2.75) is 25.7 Å². The van der Waals surface area contributed by atoms with E-state index >= 15 is 0 Å². The first-order valence-corrected chi connectivity index (χ1v) is 10.6. The van der Waals surface area contributed by atoms with Crippen molar-refractivity contribution in [2.24, 2.45) is 0 Å². The molecule has 0 spiro atoms. The van der Waals surface area contributed by atoms with Crippen LogP contribution >= 0.6 is 0 Å². The molecule has 2 aromatic carbocycles. The molecule has 2 aromatic rings. The molecule has 0 unspecified atom stereocenters. The number of fused-ring (bicyclic) bond motifs is 1. The highest BCUT2D eigenvalue weighted by Crippen LogP contribution is 2.23. The first-order valence-electron chi connectivity index (χ1n) is 10.6. The minimum absolute atomic E-state index is 0.204. The first kappa shape index (κ1) is 19.6. The van der Waals surface area contributed by atoms with Gasteiger partial charge in [-0.25, -0.2) is 0 Å². The third-order valence-corrected chi connectivity index (χ3v) is 6.06. The number of carbonyl (C=O) groups is 1. The van der Waals surface area contributed by atoms with Crippen LogP contribution in [0.1, 0.15) is 30.4 Å². The van der Waals surface area contributed by atoms with Gasteiger partial charge in [0, 0.05) is 38.9 Å². The number of piperazine rings is 1. The molecule has 2 aliphatic rings. The molecule has 1 amide bonds. The number of benzene rings is 2. The Morgan fingerprint density at radius 2 is 1.79 bits per heavy atom. The van der Waals surface area contributed by atoms with E-state index in [1.54, 1.807) is 0 Å². The molecule has 4 heteroatoms. The van der Waals surface area contributed by atoms with Gasteiger partial charge in [-0.2, -0.15) is 0 Å². The van der Waals surface area contributed by atoms with Crippen LogP contribution in [0.2, 0.25) is 0 Å². The van der Waals surface area contributed by atoms with Gasteiger partial charge in [0.1, 0.15) is 0 Å². The molecule has 4 rings (SSSR count). The summed E-state index contributed by atoms with van der Waals surface area (Å²) in [5.41, 5.74) is 3.40. The van der Waals surface area contributed by atoms with Crippen LogP contribution in [0.25, 0.3) is 10.8 Å². The van der Waals surface area contributed by atoms with Gasteiger partial charge in [0.2, 0.25) is 5.91 Å². The SMILES string of the molecule is N=Cc1ccc(CC(=O)N2CCN(CCC3=CCCC=C3)CC2)c2ccccc12. The van der Waals surface area contributed by atoms with Crippen molar-refractivity contribution in [3.63, 3.8) is 0 Å². The summed E-state index contributed by atoms with van der Waals surface area (Å²) in [6.45, 7) is 4.61. The minimum atomic E-state index is 0.204. The Labute approximate surface area is 173 Å². The fourth-order valence-electron chi connectivity index (χ4n) is 4.30. The fraction of sp³-hybridized carbons (Fsp3) is 0.360. The molecule has 1 N–H and O–H groups in total. The van der Waals surface area contributed by atoms with E-state index in [0.717, 1.165) is 61.0 Å². The molecule has 1 aliphatic heterocycles. The molecule has 150 valence electrons. The van der Waals surface area contributed by atoms with Crippen LogP contribution in [-0.4, -0.2) is 54.6 Å². The summed E-state index contributed by atoms with van der Waals surface area (Å²) in [5.74, 6) is 0.204. The van der Waals surface area contributed by atoms with E-state index < -0.39 is 0 Å². The zero-order valence-corrected chi connectivity index (χ0v) is 16.9. The molecule has 1 fully saturated rings. The molecule has 1 saturated heterocycles. The van der Waals surface area contributed by atoms with Gasteiger partial charge in [0.15, 0.2) is 0 Å². The number of carbonyl (C=O) groups excluding carboxylic acids is 1. The summed E-state index contributed by atoms with van der Waals surface area (Å²) in [7, 11) is 0. The Kier molecular flexibility index (Phi) is 6.20. The summed E-state index contributed by atoms with van der Waals surface area (Å²) in [6.07, 6.45) is 12.1. The molecule has 1 heterocycles. The maximum absolute atomic E-state index is 12.9. The summed E-state index contributed by atoms with van der Waals surface area (Å²) in [5, 5.41) is 9.73. The Hall–Kier alpha value is -2.72. The average Bonchev–Trinajstić information content (AvgIpc) is 2.79. The second-order valence-electron chi connectivity index (χ2n) is 7.91. The van der Waals surface area contributed by atoms with Crippen molar-refractivity contribution < 1.29 is 4.79 Å². The number of nitrogens with zero attached hydrogens (tertiary/aromatic N) is 2. The van der Waals surface area contributed by atoms with Gasteiger partial charge >= 0.3 is 0 Å². The van der Waals surface area contributed by atoms with E-state index in [1.807, 2.05) is 35.2 Å². The highest BCUT2D eigenvalue weighted by Gasteiger charge is 2.21. The second-order valence-corrected chi connectivity index (χ2v) is 7.91. The van der Waals surface area contributed by atoms with E-state index in [4.69, 9.17) is 5.41 Å².